The highest BCUT2D eigenvalue weighted by molar-refractivity contribution is 5.72. The first-order valence-electron chi connectivity index (χ1n) is 5.29. The van der Waals surface area contributed by atoms with Gasteiger partial charge in [0.25, 0.3) is 0 Å². The molecule has 0 aromatic heterocycles. The van der Waals surface area contributed by atoms with Crippen molar-refractivity contribution < 1.29 is 14.6 Å². The second-order valence-corrected chi connectivity index (χ2v) is 4.29. The van der Waals surface area contributed by atoms with E-state index >= 15 is 0 Å². The van der Waals surface area contributed by atoms with Crippen LogP contribution in [-0.4, -0.2) is 47.3 Å². The third-order valence-corrected chi connectivity index (χ3v) is 3.28. The molecule has 3 atom stereocenters. The van der Waals surface area contributed by atoms with Crippen molar-refractivity contribution in [3.05, 3.63) is 0 Å². The summed E-state index contributed by atoms with van der Waals surface area (Å²) in [5.74, 6) is -0.816. The van der Waals surface area contributed by atoms with Crippen molar-refractivity contribution in [2.45, 2.75) is 44.4 Å². The van der Waals surface area contributed by atoms with Crippen LogP contribution in [-0.2, 0) is 9.53 Å². The first-order chi connectivity index (χ1) is 6.66. The van der Waals surface area contributed by atoms with Gasteiger partial charge in [-0.1, -0.05) is 0 Å². The molecule has 0 aromatic rings. The summed E-state index contributed by atoms with van der Waals surface area (Å²) >= 11 is 0. The summed E-state index contributed by atoms with van der Waals surface area (Å²) in [6.07, 6.45) is 2.40. The Morgan fingerprint density at radius 3 is 2.71 bits per heavy atom. The molecule has 80 valence electrons. The van der Waals surface area contributed by atoms with Crippen LogP contribution in [0.5, 0.6) is 0 Å². The number of hydrogen-bond donors (Lipinski definition) is 1. The van der Waals surface area contributed by atoms with Crippen LogP contribution in [0.15, 0.2) is 0 Å². The number of carboxylic acid groups (broad SMARTS) is 1. The van der Waals surface area contributed by atoms with Gasteiger partial charge in [-0.05, 0) is 32.7 Å². The lowest BCUT2D eigenvalue weighted by molar-refractivity contribution is -0.150. The number of rotatable bonds is 3. The zero-order valence-electron chi connectivity index (χ0n) is 8.48. The van der Waals surface area contributed by atoms with Crippen molar-refractivity contribution in [1.82, 2.24) is 4.90 Å². The van der Waals surface area contributed by atoms with Gasteiger partial charge < -0.3 is 9.84 Å². The molecule has 0 radical (unpaired) electrons. The van der Waals surface area contributed by atoms with Crippen LogP contribution in [0.3, 0.4) is 0 Å². The van der Waals surface area contributed by atoms with Gasteiger partial charge in [-0.15, -0.1) is 0 Å². The molecule has 2 aliphatic rings. The van der Waals surface area contributed by atoms with E-state index in [4.69, 9.17) is 9.84 Å². The summed E-state index contributed by atoms with van der Waals surface area (Å²) in [4.78, 5) is 13.0. The van der Waals surface area contributed by atoms with Crippen molar-refractivity contribution in [3.8, 4) is 0 Å². The Hall–Kier alpha value is -0.610. The maximum absolute atomic E-state index is 10.6. The number of hydrogen-bond acceptors (Lipinski definition) is 3. The molecule has 0 aromatic carbocycles. The maximum Gasteiger partial charge on any atom is 0.332 e. The Kier molecular flexibility index (Phi) is 2.74. The van der Waals surface area contributed by atoms with E-state index < -0.39 is 12.1 Å². The van der Waals surface area contributed by atoms with Gasteiger partial charge in [0, 0.05) is 12.6 Å². The number of carboxylic acids is 1. The average Bonchev–Trinajstić information content (AvgIpc) is 2.60. The van der Waals surface area contributed by atoms with Crippen molar-refractivity contribution >= 4 is 5.97 Å². The minimum Gasteiger partial charge on any atom is -0.479 e. The van der Waals surface area contributed by atoms with Crippen LogP contribution in [0.4, 0.5) is 0 Å². The van der Waals surface area contributed by atoms with E-state index in [1.165, 1.54) is 6.42 Å². The number of aliphatic carboxylic acids is 1. The van der Waals surface area contributed by atoms with E-state index in [0.717, 1.165) is 19.5 Å². The topological polar surface area (TPSA) is 49.8 Å². The SMILES string of the molecule is CC1CCN1CC1CCC(C(=O)O)O1. The van der Waals surface area contributed by atoms with Crippen LogP contribution < -0.4 is 0 Å². The van der Waals surface area contributed by atoms with Gasteiger partial charge in [0.1, 0.15) is 0 Å². The molecule has 2 saturated heterocycles. The number of nitrogens with zero attached hydrogens (tertiary/aromatic N) is 1. The van der Waals surface area contributed by atoms with Gasteiger partial charge in [0.2, 0.25) is 0 Å². The van der Waals surface area contributed by atoms with Crippen molar-refractivity contribution in [1.29, 1.82) is 0 Å². The molecule has 0 spiro atoms. The van der Waals surface area contributed by atoms with Crippen LogP contribution in [0, 0.1) is 0 Å². The van der Waals surface area contributed by atoms with Crippen LogP contribution in [0.1, 0.15) is 26.2 Å². The molecule has 0 bridgehead atoms. The molecule has 3 unspecified atom stereocenters. The monoisotopic (exact) mass is 199 g/mol. The zero-order valence-corrected chi connectivity index (χ0v) is 8.48. The molecule has 4 heteroatoms. The largest absolute Gasteiger partial charge is 0.479 e. The Bertz CT molecular complexity index is 231. The Labute approximate surface area is 83.8 Å². The summed E-state index contributed by atoms with van der Waals surface area (Å²) < 4.78 is 5.44. The lowest BCUT2D eigenvalue weighted by Crippen LogP contribution is -2.49. The standard InChI is InChI=1S/C10H17NO3/c1-7-4-5-11(7)6-8-2-3-9(14-8)10(12)13/h7-9H,2-6H2,1H3,(H,12,13). The third-order valence-electron chi connectivity index (χ3n) is 3.28. The number of ether oxygens (including phenoxy) is 1. The highest BCUT2D eigenvalue weighted by Crippen LogP contribution is 2.24. The van der Waals surface area contributed by atoms with E-state index in [-0.39, 0.29) is 6.10 Å². The highest BCUT2D eigenvalue weighted by atomic mass is 16.5. The molecule has 1 N–H and O–H groups in total. The van der Waals surface area contributed by atoms with Gasteiger partial charge in [0.05, 0.1) is 6.10 Å². The molecule has 2 rings (SSSR count). The highest BCUT2D eigenvalue weighted by Gasteiger charge is 2.34. The van der Waals surface area contributed by atoms with E-state index in [9.17, 15) is 4.79 Å². The van der Waals surface area contributed by atoms with Crippen molar-refractivity contribution in [2.75, 3.05) is 13.1 Å². The molecule has 2 aliphatic heterocycles. The average molecular weight is 199 g/mol. The molecule has 2 heterocycles. The zero-order chi connectivity index (χ0) is 10.1. The summed E-state index contributed by atoms with van der Waals surface area (Å²) in [5.41, 5.74) is 0. The summed E-state index contributed by atoms with van der Waals surface area (Å²) in [7, 11) is 0. The normalized spacial score (nSPS) is 38.2. The molecule has 0 saturated carbocycles. The van der Waals surface area contributed by atoms with Crippen LogP contribution >= 0.6 is 0 Å². The molecule has 14 heavy (non-hydrogen) atoms. The molecule has 2 fully saturated rings. The quantitative estimate of drug-likeness (QED) is 0.727. The lowest BCUT2D eigenvalue weighted by Gasteiger charge is -2.39. The summed E-state index contributed by atoms with van der Waals surface area (Å²) in [5, 5.41) is 8.75. The van der Waals surface area contributed by atoms with Gasteiger partial charge >= 0.3 is 5.97 Å². The van der Waals surface area contributed by atoms with E-state index in [1.54, 1.807) is 0 Å². The lowest BCUT2D eigenvalue weighted by atomic mass is 10.0. The van der Waals surface area contributed by atoms with Gasteiger partial charge in [-0.3, -0.25) is 4.90 Å². The Balaban J connectivity index is 1.76. The first kappa shape index (κ1) is 9.93. The molecular weight excluding hydrogens is 182 g/mol. The van der Waals surface area contributed by atoms with E-state index in [0.29, 0.717) is 12.5 Å². The number of carbonyl (C=O) groups is 1. The van der Waals surface area contributed by atoms with Crippen LogP contribution in [0.25, 0.3) is 0 Å². The fourth-order valence-electron chi connectivity index (χ4n) is 2.12. The van der Waals surface area contributed by atoms with Crippen molar-refractivity contribution in [2.24, 2.45) is 0 Å². The fraction of sp³-hybridized carbons (Fsp3) is 0.900. The predicted octanol–water partition coefficient (Wildman–Crippen LogP) is 0.713. The van der Waals surface area contributed by atoms with Crippen molar-refractivity contribution in [3.63, 3.8) is 0 Å². The summed E-state index contributed by atoms with van der Waals surface area (Å²) in [6, 6.07) is 0.655. The molecule has 0 aliphatic carbocycles. The smallest absolute Gasteiger partial charge is 0.332 e. The predicted molar refractivity (Wildman–Crippen MR) is 51.2 cm³/mol. The van der Waals surface area contributed by atoms with Gasteiger partial charge in [-0.25, -0.2) is 4.79 Å². The Morgan fingerprint density at radius 1 is 1.50 bits per heavy atom. The van der Waals surface area contributed by atoms with Gasteiger partial charge in [-0.2, -0.15) is 0 Å². The molecular formula is C10H17NO3. The second kappa shape index (κ2) is 3.87. The van der Waals surface area contributed by atoms with E-state index in [1.807, 2.05) is 0 Å². The third kappa shape index (κ3) is 1.91. The van der Waals surface area contributed by atoms with Gasteiger partial charge in [0.15, 0.2) is 6.10 Å². The summed E-state index contributed by atoms with van der Waals surface area (Å²) in [6.45, 7) is 4.25. The fourth-order valence-corrected chi connectivity index (χ4v) is 2.12. The Morgan fingerprint density at radius 2 is 2.29 bits per heavy atom. The maximum atomic E-state index is 10.6. The van der Waals surface area contributed by atoms with E-state index in [2.05, 4.69) is 11.8 Å². The molecule has 0 amide bonds. The second-order valence-electron chi connectivity index (χ2n) is 4.29. The molecule has 4 nitrogen and oxygen atoms in total. The first-order valence-corrected chi connectivity index (χ1v) is 5.29. The number of likely N-dealkylation sites (tertiary alicyclic amines) is 1. The van der Waals surface area contributed by atoms with Crippen LogP contribution in [0.2, 0.25) is 0 Å². The minimum atomic E-state index is -0.816. The minimum absolute atomic E-state index is 0.138.